The minimum absolute atomic E-state index is 0.376. The van der Waals surface area contributed by atoms with E-state index in [1.165, 1.54) is 16.8 Å². The van der Waals surface area contributed by atoms with Crippen molar-refractivity contribution in [1.82, 2.24) is 15.1 Å². The number of hydrogen-bond acceptors (Lipinski definition) is 3. The minimum atomic E-state index is 0.376. The molecule has 4 heteroatoms. The van der Waals surface area contributed by atoms with Crippen molar-refractivity contribution in [2.75, 3.05) is 0 Å². The van der Waals surface area contributed by atoms with Gasteiger partial charge in [0.15, 0.2) is 0 Å². The van der Waals surface area contributed by atoms with Gasteiger partial charge in [-0.25, -0.2) is 0 Å². The van der Waals surface area contributed by atoms with Gasteiger partial charge in [-0.3, -0.25) is 4.68 Å². The van der Waals surface area contributed by atoms with Gasteiger partial charge in [-0.05, 0) is 38.0 Å². The van der Waals surface area contributed by atoms with Crippen LogP contribution in [0.1, 0.15) is 40.6 Å². The molecule has 1 N–H and O–H groups in total. The molecule has 0 saturated carbocycles. The second-order valence-corrected chi connectivity index (χ2v) is 7.02. The number of benzene rings is 1. The van der Waals surface area contributed by atoms with Gasteiger partial charge in [0.25, 0.3) is 0 Å². The second kappa shape index (κ2) is 7.34. The van der Waals surface area contributed by atoms with E-state index < -0.39 is 0 Å². The summed E-state index contributed by atoms with van der Waals surface area (Å²) in [5.41, 5.74) is 5.07. The van der Waals surface area contributed by atoms with Crippen LogP contribution in [0.4, 0.5) is 0 Å². The Balaban J connectivity index is 1.44. The highest BCUT2D eigenvalue weighted by Crippen LogP contribution is 2.33. The van der Waals surface area contributed by atoms with Crippen molar-refractivity contribution in [3.63, 3.8) is 0 Å². The van der Waals surface area contributed by atoms with E-state index in [2.05, 4.69) is 66.3 Å². The first-order valence-electron chi connectivity index (χ1n) is 9.22. The van der Waals surface area contributed by atoms with Crippen LogP contribution in [0.25, 0.3) is 0 Å². The molecule has 0 saturated heterocycles. The third-order valence-electron chi connectivity index (χ3n) is 5.19. The van der Waals surface area contributed by atoms with E-state index in [-0.39, 0.29) is 0 Å². The highest BCUT2D eigenvalue weighted by molar-refractivity contribution is 5.35. The van der Waals surface area contributed by atoms with E-state index in [1.807, 2.05) is 12.1 Å². The third kappa shape index (κ3) is 3.51. The molecule has 0 bridgehead atoms. The normalized spacial score (nSPS) is 19.3. The summed E-state index contributed by atoms with van der Waals surface area (Å²) in [6.45, 7) is 5.90. The van der Waals surface area contributed by atoms with Crippen LogP contribution in [0.3, 0.4) is 0 Å². The molecule has 2 atom stereocenters. The molecule has 1 aromatic carbocycles. The van der Waals surface area contributed by atoms with Gasteiger partial charge in [-0.2, -0.15) is 5.10 Å². The molecule has 134 valence electrons. The Labute approximate surface area is 154 Å². The number of rotatable bonds is 6. The maximum Gasteiger partial charge on any atom is 0.117 e. The Morgan fingerprint density at radius 1 is 1.12 bits per heavy atom. The van der Waals surface area contributed by atoms with Gasteiger partial charge in [0, 0.05) is 23.2 Å². The van der Waals surface area contributed by atoms with Crippen molar-refractivity contribution < 1.29 is 4.42 Å². The van der Waals surface area contributed by atoms with Crippen LogP contribution in [0.2, 0.25) is 0 Å². The quantitative estimate of drug-likeness (QED) is 0.675. The topological polar surface area (TPSA) is 43.0 Å². The molecule has 0 aliphatic heterocycles. The molecule has 0 amide bonds. The molecule has 4 nitrogen and oxygen atoms in total. The standard InChI is InChI=1S/C22H25N3O/c1-16-22(17(2)25(24-16)15-18-7-4-3-5-8-18)19-10-11-20(13-19)23-14-21-9-6-12-26-21/h3-12,19-20,23H,13-15H2,1-2H3/t19-,20+/m0/s1. The molecule has 1 aliphatic rings. The predicted molar refractivity (Wildman–Crippen MR) is 103 cm³/mol. The Morgan fingerprint density at radius 3 is 2.73 bits per heavy atom. The van der Waals surface area contributed by atoms with Crippen LogP contribution in [0, 0.1) is 13.8 Å². The van der Waals surface area contributed by atoms with Gasteiger partial charge >= 0.3 is 0 Å². The Hall–Kier alpha value is -2.59. The van der Waals surface area contributed by atoms with Crippen LogP contribution in [0.15, 0.2) is 65.3 Å². The van der Waals surface area contributed by atoms with Gasteiger partial charge in [0.1, 0.15) is 5.76 Å². The molecule has 0 spiro atoms. The first-order valence-corrected chi connectivity index (χ1v) is 9.22. The van der Waals surface area contributed by atoms with Crippen LogP contribution < -0.4 is 5.32 Å². The average molecular weight is 347 g/mol. The maximum atomic E-state index is 5.40. The number of hydrogen-bond donors (Lipinski definition) is 1. The summed E-state index contributed by atoms with van der Waals surface area (Å²) in [4.78, 5) is 0. The largest absolute Gasteiger partial charge is 0.468 e. The number of aryl methyl sites for hydroxylation is 1. The summed E-state index contributed by atoms with van der Waals surface area (Å²) in [6.07, 6.45) is 7.39. The molecule has 3 aromatic rings. The fourth-order valence-electron chi connectivity index (χ4n) is 3.87. The second-order valence-electron chi connectivity index (χ2n) is 7.02. The number of nitrogens with zero attached hydrogens (tertiary/aromatic N) is 2. The van der Waals surface area contributed by atoms with Crippen LogP contribution in [-0.4, -0.2) is 15.8 Å². The van der Waals surface area contributed by atoms with Crippen molar-refractivity contribution >= 4 is 0 Å². The average Bonchev–Trinajstić information content (AvgIpc) is 3.36. The van der Waals surface area contributed by atoms with E-state index in [0.717, 1.165) is 31.0 Å². The zero-order chi connectivity index (χ0) is 17.9. The molecule has 26 heavy (non-hydrogen) atoms. The number of aromatic nitrogens is 2. The molecule has 0 radical (unpaired) electrons. The van der Waals surface area contributed by atoms with Crippen LogP contribution >= 0.6 is 0 Å². The fourth-order valence-corrected chi connectivity index (χ4v) is 3.87. The van der Waals surface area contributed by atoms with Crippen molar-refractivity contribution in [3.8, 4) is 0 Å². The first-order chi connectivity index (χ1) is 12.7. The van der Waals surface area contributed by atoms with Gasteiger partial charge in [0.2, 0.25) is 0 Å². The molecule has 0 fully saturated rings. The van der Waals surface area contributed by atoms with Crippen molar-refractivity contribution in [2.45, 2.75) is 45.3 Å². The maximum absolute atomic E-state index is 5.40. The highest BCUT2D eigenvalue weighted by Gasteiger charge is 2.25. The molecule has 2 aromatic heterocycles. The third-order valence-corrected chi connectivity index (χ3v) is 5.19. The lowest BCUT2D eigenvalue weighted by Gasteiger charge is -2.14. The summed E-state index contributed by atoms with van der Waals surface area (Å²) < 4.78 is 7.54. The Morgan fingerprint density at radius 2 is 1.96 bits per heavy atom. The van der Waals surface area contributed by atoms with E-state index in [4.69, 9.17) is 9.52 Å². The molecule has 1 aliphatic carbocycles. The van der Waals surface area contributed by atoms with Crippen LogP contribution in [0.5, 0.6) is 0 Å². The van der Waals surface area contributed by atoms with Crippen molar-refractivity contribution in [3.05, 3.63) is 89.2 Å². The zero-order valence-corrected chi connectivity index (χ0v) is 15.4. The van der Waals surface area contributed by atoms with Crippen molar-refractivity contribution in [1.29, 1.82) is 0 Å². The van der Waals surface area contributed by atoms with E-state index >= 15 is 0 Å². The van der Waals surface area contributed by atoms with E-state index in [9.17, 15) is 0 Å². The molecule has 2 heterocycles. The SMILES string of the molecule is Cc1nn(Cc2ccccc2)c(C)c1[C@H]1C=C[C@@H](NCc2ccco2)C1. The first kappa shape index (κ1) is 16.9. The van der Waals surface area contributed by atoms with E-state index in [0.29, 0.717) is 12.0 Å². The molecule has 0 unspecified atom stereocenters. The summed E-state index contributed by atoms with van der Waals surface area (Å²) in [5, 5.41) is 8.37. The van der Waals surface area contributed by atoms with E-state index in [1.54, 1.807) is 6.26 Å². The van der Waals surface area contributed by atoms with Gasteiger partial charge < -0.3 is 9.73 Å². The molecule has 4 rings (SSSR count). The Kier molecular flexibility index (Phi) is 4.76. The van der Waals surface area contributed by atoms with Gasteiger partial charge in [-0.1, -0.05) is 42.5 Å². The van der Waals surface area contributed by atoms with Gasteiger partial charge in [-0.15, -0.1) is 0 Å². The monoisotopic (exact) mass is 347 g/mol. The van der Waals surface area contributed by atoms with Gasteiger partial charge in [0.05, 0.1) is 25.0 Å². The highest BCUT2D eigenvalue weighted by atomic mass is 16.3. The van der Waals surface area contributed by atoms with Crippen LogP contribution in [-0.2, 0) is 13.1 Å². The molecular weight excluding hydrogens is 322 g/mol. The lowest BCUT2D eigenvalue weighted by molar-refractivity contribution is 0.461. The Bertz CT molecular complexity index is 878. The molecular formula is C22H25N3O. The minimum Gasteiger partial charge on any atom is -0.468 e. The number of furan rings is 1. The van der Waals surface area contributed by atoms with Crippen molar-refractivity contribution in [2.24, 2.45) is 0 Å². The lowest BCUT2D eigenvalue weighted by atomic mass is 9.96. The summed E-state index contributed by atoms with van der Waals surface area (Å²) in [7, 11) is 0. The summed E-state index contributed by atoms with van der Waals surface area (Å²) in [6, 6.07) is 14.8. The zero-order valence-electron chi connectivity index (χ0n) is 15.4. The summed E-state index contributed by atoms with van der Waals surface area (Å²) >= 11 is 0. The summed E-state index contributed by atoms with van der Waals surface area (Å²) in [5.74, 6) is 1.40. The fraction of sp³-hybridized carbons (Fsp3) is 0.318. The number of nitrogens with one attached hydrogen (secondary N) is 1. The number of allylic oxidation sites excluding steroid dienone is 1. The predicted octanol–water partition coefficient (Wildman–Crippen LogP) is 4.34. The smallest absolute Gasteiger partial charge is 0.117 e. The lowest BCUT2D eigenvalue weighted by Crippen LogP contribution is -2.25.